The molecule has 3 saturated heterocycles. The van der Waals surface area contributed by atoms with Gasteiger partial charge >= 0.3 is 0 Å². The highest BCUT2D eigenvalue weighted by atomic mass is 16.5. The lowest BCUT2D eigenvalue weighted by atomic mass is 9.78. The van der Waals surface area contributed by atoms with Gasteiger partial charge in [0, 0.05) is 45.7 Å². The molecule has 0 aliphatic carbocycles. The average molecular weight is 360 g/mol. The molecule has 1 aromatic rings. The van der Waals surface area contributed by atoms with Crippen molar-refractivity contribution in [2.24, 2.45) is 11.8 Å². The second-order valence-electron chi connectivity index (χ2n) is 8.08. The Morgan fingerprint density at radius 2 is 2.00 bits per heavy atom. The zero-order valence-electron chi connectivity index (χ0n) is 15.8. The molecule has 1 aromatic heterocycles. The molecular weight excluding hydrogens is 328 g/mol. The van der Waals surface area contributed by atoms with E-state index in [1.54, 1.807) is 12.4 Å². The largest absolute Gasteiger partial charge is 0.492 e. The van der Waals surface area contributed by atoms with E-state index in [1.165, 1.54) is 51.7 Å². The third-order valence-electron chi connectivity index (χ3n) is 6.53. The lowest BCUT2D eigenvalue weighted by Crippen LogP contribution is -2.49. The third kappa shape index (κ3) is 4.38. The number of hydrogen-bond acceptors (Lipinski definition) is 5. The summed E-state index contributed by atoms with van der Waals surface area (Å²) in [4.78, 5) is 6.77. The molecular formula is C21H32N2O3. The standard InChI is InChI=1S/C21H32N2O3/c1-2-20(16-22-9-1)25-14-5-19-6-15-26-21(19)7-10-23(11-8-21)17-18-3-12-24-13-4-18/h1-2,9,16,18-19H,3-8,10-15,17H2/t19-/m0/s1. The predicted octanol–water partition coefficient (Wildman–Crippen LogP) is 3.15. The summed E-state index contributed by atoms with van der Waals surface area (Å²) in [6.45, 7) is 7.17. The fourth-order valence-corrected chi connectivity index (χ4v) is 4.91. The van der Waals surface area contributed by atoms with Crippen molar-refractivity contribution in [3.63, 3.8) is 0 Å². The van der Waals surface area contributed by atoms with Crippen LogP contribution in [0.3, 0.4) is 0 Å². The van der Waals surface area contributed by atoms with Crippen LogP contribution >= 0.6 is 0 Å². The minimum Gasteiger partial charge on any atom is -0.492 e. The summed E-state index contributed by atoms with van der Waals surface area (Å²) in [5.41, 5.74) is 0.102. The van der Waals surface area contributed by atoms with E-state index < -0.39 is 0 Å². The Labute approximate surface area is 157 Å². The lowest BCUT2D eigenvalue weighted by Gasteiger charge is -2.43. The van der Waals surface area contributed by atoms with Gasteiger partial charge in [0.25, 0.3) is 0 Å². The molecule has 5 heteroatoms. The van der Waals surface area contributed by atoms with Gasteiger partial charge in [0.15, 0.2) is 0 Å². The maximum Gasteiger partial charge on any atom is 0.137 e. The summed E-state index contributed by atoms with van der Waals surface area (Å²) in [6, 6.07) is 3.90. The summed E-state index contributed by atoms with van der Waals surface area (Å²) in [7, 11) is 0. The van der Waals surface area contributed by atoms with Crippen molar-refractivity contribution >= 4 is 0 Å². The smallest absolute Gasteiger partial charge is 0.137 e. The van der Waals surface area contributed by atoms with Crippen molar-refractivity contribution in [2.45, 2.75) is 44.1 Å². The zero-order chi connectivity index (χ0) is 17.7. The maximum absolute atomic E-state index is 6.32. The molecule has 4 rings (SSSR count). The first-order valence-electron chi connectivity index (χ1n) is 10.3. The number of likely N-dealkylation sites (tertiary alicyclic amines) is 1. The molecule has 0 aromatic carbocycles. The third-order valence-corrected chi connectivity index (χ3v) is 6.53. The molecule has 26 heavy (non-hydrogen) atoms. The van der Waals surface area contributed by atoms with Crippen LogP contribution in [0, 0.1) is 11.8 Å². The van der Waals surface area contributed by atoms with Crippen LogP contribution in [0.2, 0.25) is 0 Å². The molecule has 0 radical (unpaired) electrons. The summed E-state index contributed by atoms with van der Waals surface area (Å²) < 4.78 is 17.7. The molecule has 0 N–H and O–H groups in total. The Morgan fingerprint density at radius 3 is 2.77 bits per heavy atom. The van der Waals surface area contributed by atoms with Gasteiger partial charge in [-0.1, -0.05) is 0 Å². The van der Waals surface area contributed by atoms with Crippen LogP contribution in [-0.2, 0) is 9.47 Å². The highest BCUT2D eigenvalue weighted by molar-refractivity contribution is 5.15. The van der Waals surface area contributed by atoms with Crippen molar-refractivity contribution in [1.29, 1.82) is 0 Å². The van der Waals surface area contributed by atoms with Gasteiger partial charge < -0.3 is 19.1 Å². The van der Waals surface area contributed by atoms with E-state index in [9.17, 15) is 0 Å². The second kappa shape index (κ2) is 8.68. The van der Waals surface area contributed by atoms with Gasteiger partial charge in [0.05, 0.1) is 18.4 Å². The van der Waals surface area contributed by atoms with E-state index in [1.807, 2.05) is 12.1 Å². The van der Waals surface area contributed by atoms with E-state index >= 15 is 0 Å². The average Bonchev–Trinajstić information content (AvgIpc) is 3.08. The van der Waals surface area contributed by atoms with Crippen molar-refractivity contribution in [2.75, 3.05) is 46.1 Å². The van der Waals surface area contributed by atoms with Crippen LogP contribution in [0.4, 0.5) is 0 Å². The quantitative estimate of drug-likeness (QED) is 0.780. The number of hydrogen-bond donors (Lipinski definition) is 0. The van der Waals surface area contributed by atoms with Crippen LogP contribution < -0.4 is 4.74 Å². The molecule has 1 atom stereocenters. The number of rotatable bonds is 6. The first-order valence-corrected chi connectivity index (χ1v) is 10.3. The Balaban J connectivity index is 1.24. The van der Waals surface area contributed by atoms with Gasteiger partial charge in [0.1, 0.15) is 5.75 Å². The summed E-state index contributed by atoms with van der Waals surface area (Å²) in [6.07, 6.45) is 10.6. The Hall–Kier alpha value is -1.17. The van der Waals surface area contributed by atoms with E-state index in [0.29, 0.717) is 5.92 Å². The molecule has 0 amide bonds. The highest BCUT2D eigenvalue weighted by Crippen LogP contribution is 2.42. The van der Waals surface area contributed by atoms with Crippen molar-refractivity contribution in [3.05, 3.63) is 24.5 Å². The maximum atomic E-state index is 6.32. The van der Waals surface area contributed by atoms with Crippen LogP contribution in [0.15, 0.2) is 24.5 Å². The van der Waals surface area contributed by atoms with Gasteiger partial charge in [-0.15, -0.1) is 0 Å². The van der Waals surface area contributed by atoms with Gasteiger partial charge in [-0.3, -0.25) is 4.98 Å². The van der Waals surface area contributed by atoms with E-state index in [2.05, 4.69) is 9.88 Å². The van der Waals surface area contributed by atoms with Crippen LogP contribution in [-0.4, -0.2) is 61.5 Å². The van der Waals surface area contributed by atoms with Gasteiger partial charge in [-0.25, -0.2) is 0 Å². The molecule has 3 aliphatic heterocycles. The Morgan fingerprint density at radius 1 is 1.15 bits per heavy atom. The first-order chi connectivity index (χ1) is 12.8. The van der Waals surface area contributed by atoms with E-state index in [-0.39, 0.29) is 5.60 Å². The van der Waals surface area contributed by atoms with Crippen LogP contribution in [0.5, 0.6) is 5.75 Å². The highest BCUT2D eigenvalue weighted by Gasteiger charge is 2.45. The second-order valence-corrected chi connectivity index (χ2v) is 8.08. The molecule has 144 valence electrons. The Kier molecular flexibility index (Phi) is 6.08. The van der Waals surface area contributed by atoms with Crippen molar-refractivity contribution in [3.8, 4) is 5.75 Å². The number of pyridine rings is 1. The lowest BCUT2D eigenvalue weighted by molar-refractivity contribution is -0.0733. The fraction of sp³-hybridized carbons (Fsp3) is 0.762. The number of piperidine rings is 1. The summed E-state index contributed by atoms with van der Waals surface area (Å²) in [5.74, 6) is 2.32. The number of aromatic nitrogens is 1. The molecule has 5 nitrogen and oxygen atoms in total. The van der Waals surface area contributed by atoms with Gasteiger partial charge in [-0.05, 0) is 62.5 Å². The monoisotopic (exact) mass is 360 g/mol. The van der Waals surface area contributed by atoms with Crippen molar-refractivity contribution in [1.82, 2.24) is 9.88 Å². The van der Waals surface area contributed by atoms with Crippen LogP contribution in [0.25, 0.3) is 0 Å². The minimum atomic E-state index is 0.102. The topological polar surface area (TPSA) is 43.8 Å². The van der Waals surface area contributed by atoms with Gasteiger partial charge in [0.2, 0.25) is 0 Å². The molecule has 4 heterocycles. The molecule has 0 bridgehead atoms. The van der Waals surface area contributed by atoms with Gasteiger partial charge in [-0.2, -0.15) is 0 Å². The molecule has 0 unspecified atom stereocenters. The molecule has 3 aliphatic rings. The van der Waals surface area contributed by atoms with Crippen LogP contribution in [0.1, 0.15) is 38.5 Å². The zero-order valence-corrected chi connectivity index (χ0v) is 15.8. The minimum absolute atomic E-state index is 0.102. The fourth-order valence-electron chi connectivity index (χ4n) is 4.91. The Bertz CT molecular complexity index is 539. The summed E-state index contributed by atoms with van der Waals surface area (Å²) >= 11 is 0. The number of ether oxygens (including phenoxy) is 3. The SMILES string of the molecule is c1cncc(OCC[C@H]2CCOC23CCN(CC2CCOCC2)CC3)c1. The molecule has 1 spiro atoms. The summed E-state index contributed by atoms with van der Waals surface area (Å²) in [5, 5.41) is 0. The van der Waals surface area contributed by atoms with Crippen molar-refractivity contribution < 1.29 is 14.2 Å². The van der Waals surface area contributed by atoms with E-state index in [0.717, 1.165) is 44.5 Å². The normalized spacial score (nSPS) is 27.0. The van der Waals surface area contributed by atoms with E-state index in [4.69, 9.17) is 14.2 Å². The number of nitrogens with zero attached hydrogens (tertiary/aromatic N) is 2. The molecule has 3 fully saturated rings. The predicted molar refractivity (Wildman–Crippen MR) is 100 cm³/mol. The first kappa shape index (κ1) is 18.2. The molecule has 0 saturated carbocycles.